The standard InChI is InChI=1S/C11H16O2/c1-2-3-4-6-9-12-11-8-5-7-10-13-11/h1,4,6,11H,3,5,7-10H2/b6-4-. The molecule has 72 valence electrons. The highest BCUT2D eigenvalue weighted by atomic mass is 16.7. The van der Waals surface area contributed by atoms with Gasteiger partial charge >= 0.3 is 0 Å². The first kappa shape index (κ1) is 10.3. The van der Waals surface area contributed by atoms with Crippen molar-refractivity contribution in [3.05, 3.63) is 12.2 Å². The van der Waals surface area contributed by atoms with E-state index in [9.17, 15) is 0 Å². The van der Waals surface area contributed by atoms with Gasteiger partial charge in [-0.2, -0.15) is 0 Å². The summed E-state index contributed by atoms with van der Waals surface area (Å²) in [5.74, 6) is 2.53. The molecule has 2 heteroatoms. The smallest absolute Gasteiger partial charge is 0.157 e. The maximum absolute atomic E-state index is 5.45. The van der Waals surface area contributed by atoms with Gasteiger partial charge in [0.2, 0.25) is 0 Å². The van der Waals surface area contributed by atoms with Crippen molar-refractivity contribution in [1.29, 1.82) is 0 Å². The van der Waals surface area contributed by atoms with Crippen LogP contribution in [-0.2, 0) is 9.47 Å². The lowest BCUT2D eigenvalue weighted by atomic mass is 10.2. The van der Waals surface area contributed by atoms with E-state index in [4.69, 9.17) is 15.9 Å². The number of hydrogen-bond acceptors (Lipinski definition) is 2. The van der Waals surface area contributed by atoms with E-state index in [0.29, 0.717) is 13.0 Å². The van der Waals surface area contributed by atoms with Gasteiger partial charge in [0.1, 0.15) is 0 Å². The zero-order valence-electron chi connectivity index (χ0n) is 7.87. The molecular weight excluding hydrogens is 164 g/mol. The average molecular weight is 180 g/mol. The predicted octanol–water partition coefficient (Wildman–Crippen LogP) is 2.11. The number of allylic oxidation sites excluding steroid dienone is 1. The quantitative estimate of drug-likeness (QED) is 0.487. The summed E-state index contributed by atoms with van der Waals surface area (Å²) in [5, 5.41) is 0. The minimum atomic E-state index is 0.00392. The molecular formula is C11H16O2. The Balaban J connectivity index is 2.01. The first-order chi connectivity index (χ1) is 6.43. The molecule has 2 nitrogen and oxygen atoms in total. The van der Waals surface area contributed by atoms with Crippen molar-refractivity contribution >= 4 is 0 Å². The molecule has 0 radical (unpaired) electrons. The molecule has 0 aromatic carbocycles. The summed E-state index contributed by atoms with van der Waals surface area (Å²) in [4.78, 5) is 0. The zero-order valence-corrected chi connectivity index (χ0v) is 7.87. The van der Waals surface area contributed by atoms with Crippen LogP contribution in [0.5, 0.6) is 0 Å². The van der Waals surface area contributed by atoms with Gasteiger partial charge in [0.05, 0.1) is 6.61 Å². The van der Waals surface area contributed by atoms with Crippen molar-refractivity contribution in [2.45, 2.75) is 32.0 Å². The molecule has 0 aromatic heterocycles. The number of ether oxygens (including phenoxy) is 2. The minimum Gasteiger partial charge on any atom is -0.353 e. The molecule has 0 saturated carbocycles. The molecule has 1 fully saturated rings. The molecule has 0 bridgehead atoms. The molecule has 1 saturated heterocycles. The fourth-order valence-corrected chi connectivity index (χ4v) is 1.22. The summed E-state index contributed by atoms with van der Waals surface area (Å²) in [5.41, 5.74) is 0. The molecule has 1 atom stereocenters. The maximum Gasteiger partial charge on any atom is 0.157 e. The fourth-order valence-electron chi connectivity index (χ4n) is 1.22. The van der Waals surface area contributed by atoms with Crippen LogP contribution in [0.25, 0.3) is 0 Å². The van der Waals surface area contributed by atoms with Gasteiger partial charge in [0.15, 0.2) is 6.29 Å². The highest BCUT2D eigenvalue weighted by Crippen LogP contribution is 2.13. The van der Waals surface area contributed by atoms with E-state index < -0.39 is 0 Å². The van der Waals surface area contributed by atoms with Crippen LogP contribution in [-0.4, -0.2) is 19.5 Å². The van der Waals surface area contributed by atoms with Crippen molar-refractivity contribution in [2.75, 3.05) is 13.2 Å². The van der Waals surface area contributed by atoms with Crippen LogP contribution in [0, 0.1) is 12.3 Å². The molecule has 1 rings (SSSR count). The first-order valence-electron chi connectivity index (χ1n) is 4.75. The second-order valence-corrected chi connectivity index (χ2v) is 3.01. The highest BCUT2D eigenvalue weighted by molar-refractivity contribution is 4.96. The topological polar surface area (TPSA) is 18.5 Å². The van der Waals surface area contributed by atoms with Gasteiger partial charge in [-0.3, -0.25) is 0 Å². The van der Waals surface area contributed by atoms with Gasteiger partial charge in [-0.1, -0.05) is 12.2 Å². The van der Waals surface area contributed by atoms with Crippen LogP contribution >= 0.6 is 0 Å². The Kier molecular flexibility index (Phi) is 5.31. The second kappa shape index (κ2) is 6.71. The Hall–Kier alpha value is -0.780. The van der Waals surface area contributed by atoms with E-state index in [-0.39, 0.29) is 6.29 Å². The monoisotopic (exact) mass is 180 g/mol. The lowest BCUT2D eigenvalue weighted by Gasteiger charge is -2.21. The summed E-state index contributed by atoms with van der Waals surface area (Å²) in [6.07, 6.45) is 13.0. The molecule has 0 amide bonds. The molecule has 1 unspecified atom stereocenters. The van der Waals surface area contributed by atoms with E-state index in [1.54, 1.807) is 0 Å². The second-order valence-electron chi connectivity index (χ2n) is 3.01. The summed E-state index contributed by atoms with van der Waals surface area (Å²) < 4.78 is 10.8. The molecule has 1 heterocycles. The molecule has 1 aliphatic rings. The molecule has 0 spiro atoms. The van der Waals surface area contributed by atoms with Crippen LogP contribution in [0.4, 0.5) is 0 Å². The third-order valence-corrected chi connectivity index (χ3v) is 1.92. The average Bonchev–Trinajstić information content (AvgIpc) is 2.19. The fraction of sp³-hybridized carbons (Fsp3) is 0.636. The minimum absolute atomic E-state index is 0.00392. The van der Waals surface area contributed by atoms with Crippen molar-refractivity contribution in [3.8, 4) is 12.3 Å². The Morgan fingerprint density at radius 2 is 2.38 bits per heavy atom. The third-order valence-electron chi connectivity index (χ3n) is 1.92. The Labute approximate surface area is 79.9 Å². The molecule has 0 aromatic rings. The van der Waals surface area contributed by atoms with Crippen LogP contribution in [0.2, 0.25) is 0 Å². The maximum atomic E-state index is 5.45. The molecule has 13 heavy (non-hydrogen) atoms. The lowest BCUT2D eigenvalue weighted by Crippen LogP contribution is -2.22. The van der Waals surface area contributed by atoms with Crippen molar-refractivity contribution in [2.24, 2.45) is 0 Å². The molecule has 0 N–H and O–H groups in total. The normalized spacial score (nSPS) is 23.2. The van der Waals surface area contributed by atoms with Gasteiger partial charge in [-0.05, 0) is 19.3 Å². The summed E-state index contributed by atoms with van der Waals surface area (Å²) in [7, 11) is 0. The van der Waals surface area contributed by atoms with Crippen LogP contribution in [0.3, 0.4) is 0 Å². The lowest BCUT2D eigenvalue weighted by molar-refractivity contribution is -0.155. The summed E-state index contributed by atoms with van der Waals surface area (Å²) in [6.45, 7) is 1.44. The first-order valence-corrected chi connectivity index (χ1v) is 4.75. The van der Waals surface area contributed by atoms with Crippen LogP contribution in [0.1, 0.15) is 25.7 Å². The van der Waals surface area contributed by atoms with Crippen LogP contribution < -0.4 is 0 Å². The summed E-state index contributed by atoms with van der Waals surface area (Å²) >= 11 is 0. The van der Waals surface area contributed by atoms with Crippen molar-refractivity contribution in [1.82, 2.24) is 0 Å². The predicted molar refractivity (Wildman–Crippen MR) is 52.1 cm³/mol. The van der Waals surface area contributed by atoms with E-state index in [1.165, 1.54) is 6.42 Å². The number of terminal acetylenes is 1. The van der Waals surface area contributed by atoms with E-state index in [0.717, 1.165) is 19.4 Å². The van der Waals surface area contributed by atoms with E-state index >= 15 is 0 Å². The zero-order chi connectivity index (χ0) is 9.36. The van der Waals surface area contributed by atoms with Gasteiger partial charge in [0, 0.05) is 13.0 Å². The van der Waals surface area contributed by atoms with Crippen molar-refractivity contribution in [3.63, 3.8) is 0 Å². The largest absolute Gasteiger partial charge is 0.353 e. The SMILES string of the molecule is C#CC/C=C\COC1CCCCO1. The van der Waals surface area contributed by atoms with E-state index in [2.05, 4.69) is 5.92 Å². The van der Waals surface area contributed by atoms with E-state index in [1.807, 2.05) is 12.2 Å². The van der Waals surface area contributed by atoms with Gasteiger partial charge in [-0.15, -0.1) is 12.3 Å². The Morgan fingerprint density at radius 1 is 1.46 bits per heavy atom. The van der Waals surface area contributed by atoms with Crippen LogP contribution in [0.15, 0.2) is 12.2 Å². The van der Waals surface area contributed by atoms with Crippen molar-refractivity contribution < 1.29 is 9.47 Å². The van der Waals surface area contributed by atoms with Gasteiger partial charge in [-0.25, -0.2) is 0 Å². The molecule has 0 aliphatic carbocycles. The third kappa shape index (κ3) is 4.72. The molecule has 1 aliphatic heterocycles. The number of hydrogen-bond donors (Lipinski definition) is 0. The Morgan fingerprint density at radius 3 is 3.08 bits per heavy atom. The van der Waals surface area contributed by atoms with Gasteiger partial charge < -0.3 is 9.47 Å². The Bertz CT molecular complexity index is 185. The summed E-state index contributed by atoms with van der Waals surface area (Å²) in [6, 6.07) is 0. The van der Waals surface area contributed by atoms with Gasteiger partial charge in [0.25, 0.3) is 0 Å². The number of rotatable bonds is 4. The highest BCUT2D eigenvalue weighted by Gasteiger charge is 2.12.